The van der Waals surface area contributed by atoms with E-state index in [1.165, 1.54) is 0 Å². The lowest BCUT2D eigenvalue weighted by Crippen LogP contribution is -2.27. The second-order valence-corrected chi connectivity index (χ2v) is 2.05. The van der Waals surface area contributed by atoms with E-state index < -0.39 is 11.2 Å². The average molecular weight is 156 g/mol. The lowest BCUT2D eigenvalue weighted by Gasteiger charge is -2.00. The van der Waals surface area contributed by atoms with Gasteiger partial charge in [-0.1, -0.05) is 0 Å². The third-order valence-corrected chi connectivity index (χ3v) is 1.33. The van der Waals surface area contributed by atoms with Crippen LogP contribution in [-0.4, -0.2) is 9.97 Å². The maximum atomic E-state index is 10.8. The summed E-state index contributed by atoms with van der Waals surface area (Å²) >= 11 is 0. The van der Waals surface area contributed by atoms with Crippen molar-refractivity contribution in [2.24, 2.45) is 5.84 Å². The van der Waals surface area contributed by atoms with Gasteiger partial charge in [-0.25, -0.2) is 10.6 Å². The van der Waals surface area contributed by atoms with Gasteiger partial charge in [0.1, 0.15) is 5.82 Å². The third kappa shape index (κ3) is 1.30. The van der Waals surface area contributed by atoms with E-state index in [1.807, 2.05) is 0 Å². The number of aromatic nitrogens is 2. The summed E-state index contributed by atoms with van der Waals surface area (Å²) in [5.41, 5.74) is 1.54. The van der Waals surface area contributed by atoms with Gasteiger partial charge in [0, 0.05) is 0 Å². The van der Waals surface area contributed by atoms with Crippen molar-refractivity contribution in [3.8, 4) is 0 Å². The molecule has 1 aromatic rings. The number of nitrogens with one attached hydrogen (secondary N) is 3. The predicted molar refractivity (Wildman–Crippen MR) is 40.2 cm³/mol. The van der Waals surface area contributed by atoms with Crippen LogP contribution >= 0.6 is 0 Å². The number of hydrogen-bond donors (Lipinski definition) is 4. The first-order chi connectivity index (χ1) is 5.15. The minimum atomic E-state index is -0.575. The zero-order valence-electron chi connectivity index (χ0n) is 5.89. The Balaban J connectivity index is 3.49. The number of rotatable bonds is 1. The van der Waals surface area contributed by atoms with Crippen molar-refractivity contribution in [1.29, 1.82) is 0 Å². The Kier molecular flexibility index (Phi) is 1.77. The van der Waals surface area contributed by atoms with Gasteiger partial charge >= 0.3 is 5.69 Å². The molecule has 0 saturated heterocycles. The van der Waals surface area contributed by atoms with Gasteiger partial charge in [-0.3, -0.25) is 14.8 Å². The summed E-state index contributed by atoms with van der Waals surface area (Å²) in [4.78, 5) is 25.8. The molecule has 0 spiro atoms. The van der Waals surface area contributed by atoms with Crippen LogP contribution in [-0.2, 0) is 0 Å². The van der Waals surface area contributed by atoms with E-state index in [4.69, 9.17) is 5.84 Å². The van der Waals surface area contributed by atoms with Crippen LogP contribution in [0, 0.1) is 6.92 Å². The van der Waals surface area contributed by atoms with Crippen molar-refractivity contribution >= 4 is 5.82 Å². The highest BCUT2D eigenvalue weighted by atomic mass is 16.2. The number of aromatic amines is 2. The van der Waals surface area contributed by atoms with Crippen molar-refractivity contribution in [2.45, 2.75) is 6.92 Å². The maximum absolute atomic E-state index is 10.8. The average Bonchev–Trinajstić information content (AvgIpc) is 1.96. The van der Waals surface area contributed by atoms with Crippen LogP contribution in [0.1, 0.15) is 5.56 Å². The fourth-order valence-corrected chi connectivity index (χ4v) is 0.693. The minimum absolute atomic E-state index is 0.235. The molecule has 5 N–H and O–H groups in total. The van der Waals surface area contributed by atoms with Gasteiger partial charge in [0.2, 0.25) is 0 Å². The zero-order chi connectivity index (χ0) is 8.43. The monoisotopic (exact) mass is 156 g/mol. The topological polar surface area (TPSA) is 104 Å². The molecular weight excluding hydrogens is 148 g/mol. The van der Waals surface area contributed by atoms with Crippen LogP contribution in [0.25, 0.3) is 0 Å². The van der Waals surface area contributed by atoms with Crippen LogP contribution in [0.2, 0.25) is 0 Å². The van der Waals surface area contributed by atoms with Crippen LogP contribution in [0.5, 0.6) is 0 Å². The van der Waals surface area contributed by atoms with Gasteiger partial charge < -0.3 is 5.43 Å². The zero-order valence-corrected chi connectivity index (χ0v) is 5.89. The number of hydrazine groups is 1. The van der Waals surface area contributed by atoms with Crippen LogP contribution in [0.15, 0.2) is 9.59 Å². The van der Waals surface area contributed by atoms with Crippen molar-refractivity contribution in [3.05, 3.63) is 26.4 Å². The first-order valence-corrected chi connectivity index (χ1v) is 2.95. The first-order valence-electron chi connectivity index (χ1n) is 2.95. The minimum Gasteiger partial charge on any atom is -0.310 e. The molecular formula is C5H8N4O2. The fourth-order valence-electron chi connectivity index (χ4n) is 0.693. The van der Waals surface area contributed by atoms with Gasteiger partial charge in [-0.15, -0.1) is 0 Å². The van der Waals surface area contributed by atoms with Crippen molar-refractivity contribution in [2.75, 3.05) is 5.43 Å². The summed E-state index contributed by atoms with van der Waals surface area (Å²) in [6, 6.07) is 0. The number of H-pyrrole nitrogens is 2. The molecule has 0 aliphatic heterocycles. The summed E-state index contributed by atoms with van der Waals surface area (Å²) in [7, 11) is 0. The normalized spacial score (nSPS) is 9.64. The molecule has 60 valence electrons. The van der Waals surface area contributed by atoms with Crippen LogP contribution in [0.4, 0.5) is 5.82 Å². The van der Waals surface area contributed by atoms with E-state index in [1.54, 1.807) is 6.92 Å². The highest BCUT2D eigenvalue weighted by molar-refractivity contribution is 5.39. The molecule has 0 fully saturated rings. The molecule has 0 aliphatic rings. The third-order valence-electron chi connectivity index (χ3n) is 1.33. The van der Waals surface area contributed by atoms with E-state index >= 15 is 0 Å². The Labute approximate surface area is 61.4 Å². The van der Waals surface area contributed by atoms with Crippen LogP contribution in [0.3, 0.4) is 0 Å². The molecule has 0 aromatic carbocycles. The highest BCUT2D eigenvalue weighted by Gasteiger charge is 2.00. The number of nitrogen functional groups attached to an aromatic ring is 1. The molecule has 1 heterocycles. The predicted octanol–water partition coefficient (Wildman–Crippen LogP) is -1.34. The SMILES string of the molecule is Cc1c(NN)[nH]c(=O)[nH]c1=O. The Morgan fingerprint density at radius 3 is 2.55 bits per heavy atom. The fraction of sp³-hybridized carbons (Fsp3) is 0.200. The summed E-state index contributed by atoms with van der Waals surface area (Å²) in [6.07, 6.45) is 0. The van der Waals surface area contributed by atoms with E-state index in [9.17, 15) is 9.59 Å². The van der Waals surface area contributed by atoms with Gasteiger partial charge in [0.05, 0.1) is 5.56 Å². The molecule has 0 amide bonds. The number of hydrogen-bond acceptors (Lipinski definition) is 4. The lowest BCUT2D eigenvalue weighted by molar-refractivity contribution is 0.999. The molecule has 0 bridgehead atoms. The Hall–Kier alpha value is -1.56. The van der Waals surface area contributed by atoms with E-state index in [0.29, 0.717) is 5.56 Å². The van der Waals surface area contributed by atoms with Crippen molar-refractivity contribution in [1.82, 2.24) is 9.97 Å². The smallest absolute Gasteiger partial charge is 0.310 e. The van der Waals surface area contributed by atoms with Gasteiger partial charge in [0.15, 0.2) is 0 Å². The van der Waals surface area contributed by atoms with E-state index in [-0.39, 0.29) is 5.82 Å². The second kappa shape index (κ2) is 2.59. The van der Waals surface area contributed by atoms with E-state index in [2.05, 4.69) is 15.4 Å². The Bertz CT molecular complexity index is 363. The second-order valence-electron chi connectivity index (χ2n) is 2.05. The molecule has 0 radical (unpaired) electrons. The Morgan fingerprint density at radius 1 is 1.36 bits per heavy atom. The van der Waals surface area contributed by atoms with Gasteiger partial charge in [-0.05, 0) is 6.92 Å². The number of nitrogens with two attached hydrogens (primary N) is 1. The molecule has 1 aromatic heterocycles. The maximum Gasteiger partial charge on any atom is 0.327 e. The molecule has 0 unspecified atom stereocenters. The molecule has 6 heteroatoms. The lowest BCUT2D eigenvalue weighted by atomic mass is 10.3. The summed E-state index contributed by atoms with van der Waals surface area (Å²) in [6.45, 7) is 1.55. The summed E-state index contributed by atoms with van der Waals surface area (Å²) in [5, 5.41) is 0. The molecule has 0 aliphatic carbocycles. The van der Waals surface area contributed by atoms with Gasteiger partial charge in [0.25, 0.3) is 5.56 Å². The van der Waals surface area contributed by atoms with Crippen molar-refractivity contribution < 1.29 is 0 Å². The van der Waals surface area contributed by atoms with Crippen molar-refractivity contribution in [3.63, 3.8) is 0 Å². The quantitative estimate of drug-likeness (QED) is 0.298. The molecule has 0 atom stereocenters. The van der Waals surface area contributed by atoms with Crippen LogP contribution < -0.4 is 22.5 Å². The summed E-state index contributed by atoms with van der Waals surface area (Å²) < 4.78 is 0. The standard InChI is InChI=1S/C5H8N4O2/c1-2-3(9-6)7-5(11)8-4(2)10/h6H2,1H3,(H3,7,8,9,10,11). The molecule has 0 saturated carbocycles. The first kappa shape index (κ1) is 7.55. The highest BCUT2D eigenvalue weighted by Crippen LogP contribution is 1.97. The molecule has 1 rings (SSSR count). The van der Waals surface area contributed by atoms with E-state index in [0.717, 1.165) is 0 Å². The van der Waals surface area contributed by atoms with Gasteiger partial charge in [-0.2, -0.15) is 0 Å². The largest absolute Gasteiger partial charge is 0.327 e. The Morgan fingerprint density at radius 2 is 2.00 bits per heavy atom. The molecule has 6 nitrogen and oxygen atoms in total. The molecule has 11 heavy (non-hydrogen) atoms. The summed E-state index contributed by atoms with van der Waals surface area (Å²) in [5.74, 6) is 5.25. The number of anilines is 1.